The van der Waals surface area contributed by atoms with Gasteiger partial charge >= 0.3 is 0 Å². The standard InChI is InChI=1S/C12H14BrN3O/c1-14-6-7-17-12-8-15-16(9-12)11-4-2-10(13)3-5-11/h2-5,8-9,14H,6-7H2,1H3. The number of benzene rings is 1. The minimum Gasteiger partial charge on any atom is -0.489 e. The molecule has 5 heteroatoms. The summed E-state index contributed by atoms with van der Waals surface area (Å²) in [6.45, 7) is 1.46. The summed E-state index contributed by atoms with van der Waals surface area (Å²) >= 11 is 3.40. The van der Waals surface area contributed by atoms with Gasteiger partial charge in [-0.2, -0.15) is 5.10 Å². The summed E-state index contributed by atoms with van der Waals surface area (Å²) in [6, 6.07) is 7.96. The van der Waals surface area contributed by atoms with E-state index in [0.29, 0.717) is 6.61 Å². The van der Waals surface area contributed by atoms with Crippen LogP contribution in [-0.2, 0) is 0 Å². The lowest BCUT2D eigenvalue weighted by Crippen LogP contribution is -2.15. The first-order valence-electron chi connectivity index (χ1n) is 5.37. The molecule has 0 aliphatic heterocycles. The second kappa shape index (κ2) is 5.84. The number of aromatic nitrogens is 2. The smallest absolute Gasteiger partial charge is 0.157 e. The van der Waals surface area contributed by atoms with E-state index in [1.165, 1.54) is 0 Å². The van der Waals surface area contributed by atoms with Crippen LogP contribution in [-0.4, -0.2) is 30.0 Å². The monoisotopic (exact) mass is 295 g/mol. The number of likely N-dealkylation sites (N-methyl/N-ethyl adjacent to an activating group) is 1. The molecule has 0 saturated carbocycles. The maximum absolute atomic E-state index is 5.52. The number of ether oxygens (including phenoxy) is 1. The molecule has 4 nitrogen and oxygen atoms in total. The van der Waals surface area contributed by atoms with Gasteiger partial charge in [-0.3, -0.25) is 0 Å². The molecule has 0 aliphatic rings. The zero-order valence-corrected chi connectivity index (χ0v) is 11.1. The second-order valence-corrected chi connectivity index (χ2v) is 4.46. The largest absolute Gasteiger partial charge is 0.489 e. The van der Waals surface area contributed by atoms with Gasteiger partial charge in [-0.05, 0) is 31.3 Å². The Labute approximate surface area is 109 Å². The molecule has 1 N–H and O–H groups in total. The van der Waals surface area contributed by atoms with Crippen LogP contribution >= 0.6 is 15.9 Å². The molecule has 1 aromatic heterocycles. The molecule has 0 aliphatic carbocycles. The van der Waals surface area contributed by atoms with Crippen LogP contribution in [0.25, 0.3) is 5.69 Å². The summed E-state index contributed by atoms with van der Waals surface area (Å²) in [7, 11) is 1.90. The predicted molar refractivity (Wildman–Crippen MR) is 70.7 cm³/mol. The van der Waals surface area contributed by atoms with Crippen molar-refractivity contribution < 1.29 is 4.74 Å². The van der Waals surface area contributed by atoms with Gasteiger partial charge in [-0.15, -0.1) is 0 Å². The number of nitrogens with one attached hydrogen (secondary N) is 1. The first-order chi connectivity index (χ1) is 8.29. The Bertz CT molecular complexity index is 467. The van der Waals surface area contributed by atoms with E-state index in [4.69, 9.17) is 4.74 Å². The summed E-state index contributed by atoms with van der Waals surface area (Å²) in [5, 5.41) is 7.28. The van der Waals surface area contributed by atoms with Crippen LogP contribution in [0.2, 0.25) is 0 Å². The highest BCUT2D eigenvalue weighted by Crippen LogP contribution is 2.16. The fourth-order valence-corrected chi connectivity index (χ4v) is 1.65. The normalized spacial score (nSPS) is 10.5. The predicted octanol–water partition coefficient (Wildman–Crippen LogP) is 2.23. The second-order valence-electron chi connectivity index (χ2n) is 3.55. The van der Waals surface area contributed by atoms with E-state index in [2.05, 4.69) is 26.3 Å². The number of hydrogen-bond donors (Lipinski definition) is 1. The third kappa shape index (κ3) is 3.31. The van der Waals surface area contributed by atoms with Crippen LogP contribution < -0.4 is 10.1 Å². The SMILES string of the molecule is CNCCOc1cnn(-c2ccc(Br)cc2)c1. The highest BCUT2D eigenvalue weighted by molar-refractivity contribution is 9.10. The van der Waals surface area contributed by atoms with E-state index >= 15 is 0 Å². The molecule has 0 radical (unpaired) electrons. The maximum atomic E-state index is 5.52. The van der Waals surface area contributed by atoms with E-state index in [0.717, 1.165) is 22.5 Å². The molecule has 1 heterocycles. The molecule has 0 atom stereocenters. The maximum Gasteiger partial charge on any atom is 0.157 e. The fourth-order valence-electron chi connectivity index (χ4n) is 1.39. The molecular formula is C12H14BrN3O. The van der Waals surface area contributed by atoms with Crippen molar-refractivity contribution in [2.24, 2.45) is 0 Å². The number of rotatable bonds is 5. The van der Waals surface area contributed by atoms with E-state index in [-0.39, 0.29) is 0 Å². The molecule has 0 unspecified atom stereocenters. The van der Waals surface area contributed by atoms with Crippen LogP contribution in [0.4, 0.5) is 0 Å². The first-order valence-corrected chi connectivity index (χ1v) is 6.17. The Hall–Kier alpha value is -1.33. The lowest BCUT2D eigenvalue weighted by Gasteiger charge is -2.02. The van der Waals surface area contributed by atoms with Crippen molar-refractivity contribution in [3.05, 3.63) is 41.1 Å². The molecule has 1 aromatic carbocycles. The first kappa shape index (κ1) is 12.1. The van der Waals surface area contributed by atoms with Crippen LogP contribution in [0.15, 0.2) is 41.1 Å². The highest BCUT2D eigenvalue weighted by atomic mass is 79.9. The van der Waals surface area contributed by atoms with E-state index in [1.54, 1.807) is 10.9 Å². The summed E-state index contributed by atoms with van der Waals surface area (Å²) in [5.74, 6) is 0.781. The van der Waals surface area contributed by atoms with Crippen molar-refractivity contribution in [3.8, 4) is 11.4 Å². The topological polar surface area (TPSA) is 39.1 Å². The lowest BCUT2D eigenvalue weighted by atomic mass is 10.3. The van der Waals surface area contributed by atoms with Crippen molar-refractivity contribution in [2.45, 2.75) is 0 Å². The van der Waals surface area contributed by atoms with Gasteiger partial charge in [0.05, 0.1) is 18.1 Å². The Morgan fingerprint density at radius 3 is 2.82 bits per heavy atom. The minimum atomic E-state index is 0.641. The van der Waals surface area contributed by atoms with Gasteiger partial charge in [0.15, 0.2) is 5.75 Å². The van der Waals surface area contributed by atoms with Crippen molar-refractivity contribution in [1.82, 2.24) is 15.1 Å². The van der Waals surface area contributed by atoms with Gasteiger partial charge < -0.3 is 10.1 Å². The van der Waals surface area contributed by atoms with Crippen molar-refractivity contribution in [1.29, 1.82) is 0 Å². The quantitative estimate of drug-likeness (QED) is 0.860. The average molecular weight is 296 g/mol. The Balaban J connectivity index is 2.04. The van der Waals surface area contributed by atoms with Gasteiger partial charge in [0.1, 0.15) is 6.61 Å². The van der Waals surface area contributed by atoms with E-state index in [9.17, 15) is 0 Å². The molecule has 2 rings (SSSR count). The molecule has 0 amide bonds. The number of hydrogen-bond acceptors (Lipinski definition) is 3. The number of halogens is 1. The molecule has 90 valence electrons. The summed E-state index contributed by atoms with van der Waals surface area (Å²) < 4.78 is 8.36. The summed E-state index contributed by atoms with van der Waals surface area (Å²) in [6.07, 6.45) is 3.59. The van der Waals surface area contributed by atoms with E-state index in [1.807, 2.05) is 37.5 Å². The highest BCUT2D eigenvalue weighted by Gasteiger charge is 2.01. The zero-order valence-electron chi connectivity index (χ0n) is 9.56. The van der Waals surface area contributed by atoms with Crippen molar-refractivity contribution >= 4 is 15.9 Å². The molecule has 17 heavy (non-hydrogen) atoms. The van der Waals surface area contributed by atoms with Crippen LogP contribution in [0.3, 0.4) is 0 Å². The van der Waals surface area contributed by atoms with Crippen LogP contribution in [0.5, 0.6) is 5.75 Å². The van der Waals surface area contributed by atoms with Crippen molar-refractivity contribution in [2.75, 3.05) is 20.2 Å². The Morgan fingerprint density at radius 1 is 1.35 bits per heavy atom. The van der Waals surface area contributed by atoms with Gasteiger partial charge in [0.2, 0.25) is 0 Å². The van der Waals surface area contributed by atoms with E-state index < -0.39 is 0 Å². The van der Waals surface area contributed by atoms with Crippen LogP contribution in [0.1, 0.15) is 0 Å². The number of nitrogens with zero attached hydrogens (tertiary/aromatic N) is 2. The fraction of sp³-hybridized carbons (Fsp3) is 0.250. The van der Waals surface area contributed by atoms with Gasteiger partial charge in [-0.1, -0.05) is 15.9 Å². The lowest BCUT2D eigenvalue weighted by molar-refractivity contribution is 0.318. The van der Waals surface area contributed by atoms with Crippen LogP contribution in [0, 0.1) is 0 Å². The molecule has 0 bridgehead atoms. The van der Waals surface area contributed by atoms with Gasteiger partial charge in [-0.25, -0.2) is 4.68 Å². The Kier molecular flexibility index (Phi) is 4.17. The molecular weight excluding hydrogens is 282 g/mol. The third-order valence-electron chi connectivity index (χ3n) is 2.27. The molecule has 0 saturated heterocycles. The van der Waals surface area contributed by atoms with Gasteiger partial charge in [0.25, 0.3) is 0 Å². The molecule has 0 fully saturated rings. The summed E-state index contributed by atoms with van der Waals surface area (Å²) in [4.78, 5) is 0. The minimum absolute atomic E-state index is 0.641. The zero-order chi connectivity index (χ0) is 12.1. The molecule has 0 spiro atoms. The average Bonchev–Trinajstić information content (AvgIpc) is 2.79. The van der Waals surface area contributed by atoms with Crippen molar-refractivity contribution in [3.63, 3.8) is 0 Å². The third-order valence-corrected chi connectivity index (χ3v) is 2.80. The summed E-state index contributed by atoms with van der Waals surface area (Å²) in [5.41, 5.74) is 1.01. The Morgan fingerprint density at radius 2 is 2.12 bits per heavy atom. The van der Waals surface area contributed by atoms with Gasteiger partial charge in [0, 0.05) is 11.0 Å². The molecule has 2 aromatic rings.